The summed E-state index contributed by atoms with van der Waals surface area (Å²) in [6.45, 7) is 5.38. The van der Waals surface area contributed by atoms with Gasteiger partial charge in [-0.15, -0.1) is 0 Å². The van der Waals surface area contributed by atoms with E-state index in [4.69, 9.17) is 20.8 Å². The SMILES string of the molecule is Cc1cc(=O)oc2c(C)c(OCC(=O)N[C@H](C)c3cccc(Cl)c3)ccc12. The fraction of sp³-hybridized carbons (Fsp3) is 0.238. The number of hydrogen-bond acceptors (Lipinski definition) is 4. The van der Waals surface area contributed by atoms with E-state index in [1.807, 2.05) is 38.1 Å². The molecule has 0 aliphatic heterocycles. The lowest BCUT2D eigenvalue weighted by molar-refractivity contribution is -0.123. The van der Waals surface area contributed by atoms with Crippen LogP contribution in [0.15, 0.2) is 51.7 Å². The highest BCUT2D eigenvalue weighted by molar-refractivity contribution is 6.30. The van der Waals surface area contributed by atoms with Crippen molar-refractivity contribution in [1.29, 1.82) is 0 Å². The molecular formula is C21H20ClNO4. The highest BCUT2D eigenvalue weighted by Gasteiger charge is 2.13. The van der Waals surface area contributed by atoms with Gasteiger partial charge >= 0.3 is 5.63 Å². The van der Waals surface area contributed by atoms with E-state index in [1.54, 1.807) is 19.1 Å². The van der Waals surface area contributed by atoms with Crippen molar-refractivity contribution >= 4 is 28.5 Å². The van der Waals surface area contributed by atoms with Gasteiger partial charge < -0.3 is 14.5 Å². The Bertz CT molecular complexity index is 1060. The van der Waals surface area contributed by atoms with E-state index in [9.17, 15) is 9.59 Å². The zero-order chi connectivity index (χ0) is 19.6. The molecule has 1 amide bonds. The summed E-state index contributed by atoms with van der Waals surface area (Å²) in [7, 11) is 0. The Morgan fingerprint density at radius 3 is 2.74 bits per heavy atom. The summed E-state index contributed by atoms with van der Waals surface area (Å²) in [5.74, 6) is 0.245. The Hall–Kier alpha value is -2.79. The number of benzene rings is 2. The fourth-order valence-electron chi connectivity index (χ4n) is 2.94. The second kappa shape index (κ2) is 7.84. The third kappa shape index (κ3) is 4.31. The summed E-state index contributed by atoms with van der Waals surface area (Å²) < 4.78 is 11.0. The number of hydrogen-bond donors (Lipinski definition) is 1. The average Bonchev–Trinajstić information content (AvgIpc) is 2.61. The van der Waals surface area contributed by atoms with E-state index in [0.717, 1.165) is 16.5 Å². The lowest BCUT2D eigenvalue weighted by atomic mass is 10.1. The molecule has 0 aliphatic carbocycles. The number of carbonyl (C=O) groups is 1. The molecule has 5 nitrogen and oxygen atoms in total. The number of nitrogens with one attached hydrogen (secondary N) is 1. The first kappa shape index (κ1) is 19.0. The molecule has 0 spiro atoms. The highest BCUT2D eigenvalue weighted by Crippen LogP contribution is 2.28. The Labute approximate surface area is 161 Å². The third-order valence-corrected chi connectivity index (χ3v) is 4.64. The quantitative estimate of drug-likeness (QED) is 0.664. The molecule has 1 aromatic heterocycles. The maximum absolute atomic E-state index is 12.2. The van der Waals surface area contributed by atoms with E-state index >= 15 is 0 Å². The van der Waals surface area contributed by atoms with Crippen LogP contribution in [-0.2, 0) is 4.79 Å². The van der Waals surface area contributed by atoms with Crippen molar-refractivity contribution in [2.75, 3.05) is 6.61 Å². The summed E-state index contributed by atoms with van der Waals surface area (Å²) in [6, 6.07) is 12.2. The van der Waals surface area contributed by atoms with E-state index in [2.05, 4.69) is 5.32 Å². The number of fused-ring (bicyclic) bond motifs is 1. The third-order valence-electron chi connectivity index (χ3n) is 4.40. The summed E-state index contributed by atoms with van der Waals surface area (Å²) >= 11 is 5.99. The normalized spacial score (nSPS) is 12.0. The van der Waals surface area contributed by atoms with Gasteiger partial charge in [0.1, 0.15) is 11.3 Å². The second-order valence-electron chi connectivity index (χ2n) is 6.45. The molecule has 0 aliphatic rings. The number of ether oxygens (including phenoxy) is 1. The van der Waals surface area contributed by atoms with Gasteiger partial charge in [-0.3, -0.25) is 4.79 Å². The Kier molecular flexibility index (Phi) is 5.51. The predicted octanol–water partition coefficient (Wildman–Crippen LogP) is 4.32. The van der Waals surface area contributed by atoms with Gasteiger partial charge in [0.05, 0.1) is 6.04 Å². The minimum atomic E-state index is -0.409. The molecule has 3 rings (SSSR count). The van der Waals surface area contributed by atoms with Gasteiger partial charge in [-0.2, -0.15) is 0 Å². The van der Waals surface area contributed by atoms with Crippen molar-refractivity contribution < 1.29 is 13.9 Å². The maximum atomic E-state index is 12.2. The van der Waals surface area contributed by atoms with Crippen LogP contribution in [0.2, 0.25) is 5.02 Å². The number of amides is 1. The molecule has 6 heteroatoms. The monoisotopic (exact) mass is 385 g/mol. The van der Waals surface area contributed by atoms with Crippen LogP contribution in [0.1, 0.15) is 29.7 Å². The molecule has 0 radical (unpaired) electrons. The first-order chi connectivity index (χ1) is 12.8. The zero-order valence-electron chi connectivity index (χ0n) is 15.3. The van der Waals surface area contributed by atoms with Crippen LogP contribution in [0.25, 0.3) is 11.0 Å². The first-order valence-corrected chi connectivity index (χ1v) is 8.94. The van der Waals surface area contributed by atoms with Gasteiger partial charge in [-0.25, -0.2) is 4.79 Å². The molecule has 27 heavy (non-hydrogen) atoms. The van der Waals surface area contributed by atoms with Crippen molar-refractivity contribution in [3.8, 4) is 5.75 Å². The summed E-state index contributed by atoms with van der Waals surface area (Å²) in [5.41, 5.74) is 2.50. The fourth-order valence-corrected chi connectivity index (χ4v) is 3.14. The second-order valence-corrected chi connectivity index (χ2v) is 6.88. The molecule has 140 valence electrons. The van der Waals surface area contributed by atoms with Gasteiger partial charge in [-0.05, 0) is 56.2 Å². The van der Waals surface area contributed by atoms with Crippen molar-refractivity contribution in [2.24, 2.45) is 0 Å². The number of rotatable bonds is 5. The molecule has 3 aromatic rings. The Morgan fingerprint density at radius 2 is 2.00 bits per heavy atom. The molecule has 1 atom stereocenters. The van der Waals surface area contributed by atoms with E-state index < -0.39 is 5.63 Å². The molecule has 0 saturated carbocycles. The topological polar surface area (TPSA) is 68.5 Å². The standard InChI is InChI=1S/C21H20ClNO4/c1-12-9-20(25)27-21-13(2)18(8-7-17(12)21)26-11-19(24)23-14(3)15-5-4-6-16(22)10-15/h4-10,14H,11H2,1-3H3,(H,23,24)/t14-/m1/s1. The van der Waals surface area contributed by atoms with Crippen LogP contribution < -0.4 is 15.7 Å². The van der Waals surface area contributed by atoms with Crippen LogP contribution in [0.3, 0.4) is 0 Å². The number of carbonyl (C=O) groups excluding carboxylic acids is 1. The minimum Gasteiger partial charge on any atom is -0.483 e. The first-order valence-electron chi connectivity index (χ1n) is 8.57. The van der Waals surface area contributed by atoms with Crippen LogP contribution in [0.4, 0.5) is 0 Å². The predicted molar refractivity (Wildman–Crippen MR) is 105 cm³/mol. The Morgan fingerprint density at radius 1 is 1.22 bits per heavy atom. The highest BCUT2D eigenvalue weighted by atomic mass is 35.5. The number of halogens is 1. The largest absolute Gasteiger partial charge is 0.483 e. The zero-order valence-corrected chi connectivity index (χ0v) is 16.1. The molecule has 1 heterocycles. The van der Waals surface area contributed by atoms with Crippen LogP contribution in [-0.4, -0.2) is 12.5 Å². The van der Waals surface area contributed by atoms with Crippen molar-refractivity contribution in [3.05, 3.63) is 74.6 Å². The minimum absolute atomic E-state index is 0.146. The lowest BCUT2D eigenvalue weighted by Gasteiger charge is -2.16. The van der Waals surface area contributed by atoms with Crippen LogP contribution >= 0.6 is 11.6 Å². The van der Waals surface area contributed by atoms with E-state index in [1.165, 1.54) is 6.07 Å². The molecule has 0 saturated heterocycles. The van der Waals surface area contributed by atoms with E-state index in [-0.39, 0.29) is 18.6 Å². The summed E-state index contributed by atoms with van der Waals surface area (Å²) in [6.07, 6.45) is 0. The number of aryl methyl sites for hydroxylation is 2. The van der Waals surface area contributed by atoms with Gasteiger partial charge in [0, 0.05) is 22.0 Å². The summed E-state index contributed by atoms with van der Waals surface area (Å²) in [5, 5.41) is 4.34. The van der Waals surface area contributed by atoms with Crippen molar-refractivity contribution in [2.45, 2.75) is 26.8 Å². The Balaban J connectivity index is 1.70. The van der Waals surface area contributed by atoms with E-state index in [0.29, 0.717) is 21.9 Å². The lowest BCUT2D eigenvalue weighted by Crippen LogP contribution is -2.31. The van der Waals surface area contributed by atoms with Gasteiger partial charge in [0.25, 0.3) is 5.91 Å². The molecule has 1 N–H and O–H groups in total. The van der Waals surface area contributed by atoms with Crippen LogP contribution in [0, 0.1) is 13.8 Å². The van der Waals surface area contributed by atoms with Gasteiger partial charge in [-0.1, -0.05) is 23.7 Å². The van der Waals surface area contributed by atoms with Gasteiger partial charge in [0.2, 0.25) is 0 Å². The van der Waals surface area contributed by atoms with Crippen LogP contribution in [0.5, 0.6) is 5.75 Å². The average molecular weight is 386 g/mol. The van der Waals surface area contributed by atoms with Crippen molar-refractivity contribution in [1.82, 2.24) is 5.32 Å². The molecule has 0 bridgehead atoms. The maximum Gasteiger partial charge on any atom is 0.336 e. The van der Waals surface area contributed by atoms with Gasteiger partial charge in [0.15, 0.2) is 6.61 Å². The molecule has 2 aromatic carbocycles. The van der Waals surface area contributed by atoms with Crippen molar-refractivity contribution in [3.63, 3.8) is 0 Å². The summed E-state index contributed by atoms with van der Waals surface area (Å²) in [4.78, 5) is 23.9. The molecule has 0 fully saturated rings. The molecular weight excluding hydrogens is 366 g/mol. The smallest absolute Gasteiger partial charge is 0.336 e. The molecule has 0 unspecified atom stereocenters.